The summed E-state index contributed by atoms with van der Waals surface area (Å²) >= 11 is 0. The normalized spacial score (nSPS) is 10.4. The average molecular weight is 255 g/mol. The van der Waals surface area contributed by atoms with Crippen LogP contribution in [-0.4, -0.2) is 6.54 Å². The molecule has 0 fully saturated rings. The number of hydrogen-bond acceptors (Lipinski definition) is 2. The molecule has 2 rings (SSSR count). The summed E-state index contributed by atoms with van der Waals surface area (Å²) in [5.41, 5.74) is 2.46. The maximum atomic E-state index is 5.88. The lowest BCUT2D eigenvalue weighted by atomic mass is 10.2. The van der Waals surface area contributed by atoms with Crippen LogP contribution in [0.4, 0.5) is 0 Å². The fraction of sp³-hybridized carbons (Fsp3) is 0.294. The summed E-state index contributed by atoms with van der Waals surface area (Å²) in [6, 6.07) is 16.3. The smallest absolute Gasteiger partial charge is 0.127 e. The van der Waals surface area contributed by atoms with E-state index in [1.54, 1.807) is 0 Å². The Morgan fingerprint density at radius 3 is 2.47 bits per heavy atom. The topological polar surface area (TPSA) is 21.3 Å². The van der Waals surface area contributed by atoms with Crippen molar-refractivity contribution in [2.75, 3.05) is 6.54 Å². The van der Waals surface area contributed by atoms with Crippen LogP contribution in [0.15, 0.2) is 48.5 Å². The van der Waals surface area contributed by atoms with E-state index in [0.717, 1.165) is 31.0 Å². The SMILES string of the molecule is CCCNCc1cccc(Oc2cccc(C)c2)c1. The van der Waals surface area contributed by atoms with Crippen molar-refractivity contribution in [3.05, 3.63) is 59.7 Å². The van der Waals surface area contributed by atoms with Crippen LogP contribution in [0.25, 0.3) is 0 Å². The summed E-state index contributed by atoms with van der Waals surface area (Å²) in [7, 11) is 0. The minimum atomic E-state index is 0.888. The molecule has 2 nitrogen and oxygen atoms in total. The van der Waals surface area contributed by atoms with Crippen molar-refractivity contribution in [1.29, 1.82) is 0 Å². The van der Waals surface area contributed by atoms with Gasteiger partial charge < -0.3 is 10.1 Å². The number of benzene rings is 2. The van der Waals surface area contributed by atoms with Gasteiger partial charge in [-0.1, -0.05) is 31.2 Å². The Balaban J connectivity index is 2.02. The van der Waals surface area contributed by atoms with Crippen LogP contribution in [0.5, 0.6) is 11.5 Å². The standard InChI is InChI=1S/C17H21NO/c1-3-10-18-13-15-7-5-9-17(12-15)19-16-8-4-6-14(2)11-16/h4-9,11-12,18H,3,10,13H2,1-2H3. The number of rotatable bonds is 6. The van der Waals surface area contributed by atoms with Gasteiger partial charge in [0.1, 0.15) is 11.5 Å². The lowest BCUT2D eigenvalue weighted by Crippen LogP contribution is -2.13. The number of ether oxygens (including phenoxy) is 1. The molecule has 0 radical (unpaired) electrons. The van der Waals surface area contributed by atoms with E-state index in [9.17, 15) is 0 Å². The van der Waals surface area contributed by atoms with Gasteiger partial charge in [0.25, 0.3) is 0 Å². The number of nitrogens with one attached hydrogen (secondary N) is 1. The second-order valence-electron chi connectivity index (χ2n) is 4.74. The summed E-state index contributed by atoms with van der Waals surface area (Å²) in [5.74, 6) is 1.78. The van der Waals surface area contributed by atoms with E-state index in [0.29, 0.717) is 0 Å². The third-order valence-electron chi connectivity index (χ3n) is 2.88. The van der Waals surface area contributed by atoms with E-state index in [-0.39, 0.29) is 0 Å². The zero-order valence-corrected chi connectivity index (χ0v) is 11.6. The van der Waals surface area contributed by atoms with Gasteiger partial charge in [0, 0.05) is 6.54 Å². The van der Waals surface area contributed by atoms with Gasteiger partial charge >= 0.3 is 0 Å². The van der Waals surface area contributed by atoms with Crippen molar-refractivity contribution >= 4 is 0 Å². The minimum Gasteiger partial charge on any atom is -0.457 e. The van der Waals surface area contributed by atoms with E-state index in [1.165, 1.54) is 11.1 Å². The van der Waals surface area contributed by atoms with Crippen LogP contribution < -0.4 is 10.1 Å². The fourth-order valence-electron chi connectivity index (χ4n) is 1.94. The van der Waals surface area contributed by atoms with Crippen LogP contribution in [0.3, 0.4) is 0 Å². The molecule has 100 valence electrons. The molecule has 2 aromatic rings. The highest BCUT2D eigenvalue weighted by atomic mass is 16.5. The van der Waals surface area contributed by atoms with Crippen molar-refractivity contribution in [2.45, 2.75) is 26.8 Å². The molecule has 0 bridgehead atoms. The molecule has 0 aliphatic carbocycles. The number of hydrogen-bond donors (Lipinski definition) is 1. The van der Waals surface area contributed by atoms with Gasteiger partial charge in [-0.15, -0.1) is 0 Å². The Labute approximate surface area is 115 Å². The van der Waals surface area contributed by atoms with Crippen LogP contribution in [0.2, 0.25) is 0 Å². The first kappa shape index (κ1) is 13.6. The van der Waals surface area contributed by atoms with E-state index < -0.39 is 0 Å². The van der Waals surface area contributed by atoms with Crippen molar-refractivity contribution in [3.8, 4) is 11.5 Å². The molecule has 0 saturated carbocycles. The predicted octanol–water partition coefficient (Wildman–Crippen LogP) is 4.29. The molecule has 0 aliphatic rings. The molecular formula is C17H21NO. The first-order valence-corrected chi connectivity index (χ1v) is 6.82. The van der Waals surface area contributed by atoms with Gasteiger partial charge in [-0.25, -0.2) is 0 Å². The van der Waals surface area contributed by atoms with E-state index in [4.69, 9.17) is 4.74 Å². The lowest BCUT2D eigenvalue weighted by molar-refractivity contribution is 0.481. The summed E-state index contributed by atoms with van der Waals surface area (Å²) in [4.78, 5) is 0. The highest BCUT2D eigenvalue weighted by Gasteiger charge is 1.99. The molecule has 19 heavy (non-hydrogen) atoms. The summed E-state index contributed by atoms with van der Waals surface area (Å²) in [5, 5.41) is 3.40. The average Bonchev–Trinajstić information content (AvgIpc) is 2.39. The minimum absolute atomic E-state index is 0.888. The highest BCUT2D eigenvalue weighted by Crippen LogP contribution is 2.22. The molecule has 0 saturated heterocycles. The Hall–Kier alpha value is -1.80. The molecule has 0 heterocycles. The van der Waals surface area contributed by atoms with Crippen molar-refractivity contribution in [2.24, 2.45) is 0 Å². The van der Waals surface area contributed by atoms with Gasteiger partial charge in [-0.2, -0.15) is 0 Å². The van der Waals surface area contributed by atoms with Crippen LogP contribution in [-0.2, 0) is 6.54 Å². The van der Waals surface area contributed by atoms with Gasteiger partial charge in [0.05, 0.1) is 0 Å². The van der Waals surface area contributed by atoms with Crippen molar-refractivity contribution < 1.29 is 4.74 Å². The number of aryl methyl sites for hydroxylation is 1. The first-order chi connectivity index (χ1) is 9.28. The van der Waals surface area contributed by atoms with Gasteiger partial charge in [-0.05, 0) is 55.3 Å². The van der Waals surface area contributed by atoms with Crippen LogP contribution in [0.1, 0.15) is 24.5 Å². The molecule has 1 N–H and O–H groups in total. The zero-order valence-electron chi connectivity index (χ0n) is 11.6. The highest BCUT2D eigenvalue weighted by molar-refractivity contribution is 5.35. The Morgan fingerprint density at radius 1 is 1.00 bits per heavy atom. The second-order valence-corrected chi connectivity index (χ2v) is 4.74. The molecule has 0 unspecified atom stereocenters. The Morgan fingerprint density at radius 2 is 1.74 bits per heavy atom. The summed E-state index contributed by atoms with van der Waals surface area (Å²) < 4.78 is 5.88. The molecule has 2 heteroatoms. The van der Waals surface area contributed by atoms with E-state index in [2.05, 4.69) is 37.4 Å². The Bertz CT molecular complexity index is 522. The quantitative estimate of drug-likeness (QED) is 0.778. The predicted molar refractivity (Wildman–Crippen MR) is 79.7 cm³/mol. The molecular weight excluding hydrogens is 234 g/mol. The molecule has 2 aromatic carbocycles. The van der Waals surface area contributed by atoms with Gasteiger partial charge in [0.15, 0.2) is 0 Å². The van der Waals surface area contributed by atoms with E-state index in [1.807, 2.05) is 30.3 Å². The molecule has 0 aromatic heterocycles. The monoisotopic (exact) mass is 255 g/mol. The van der Waals surface area contributed by atoms with Crippen LogP contribution in [0, 0.1) is 6.92 Å². The van der Waals surface area contributed by atoms with Gasteiger partial charge in [-0.3, -0.25) is 0 Å². The lowest BCUT2D eigenvalue weighted by Gasteiger charge is -2.09. The maximum absolute atomic E-state index is 5.88. The largest absolute Gasteiger partial charge is 0.457 e. The van der Waals surface area contributed by atoms with E-state index >= 15 is 0 Å². The summed E-state index contributed by atoms with van der Waals surface area (Å²) in [6.07, 6.45) is 1.15. The summed E-state index contributed by atoms with van der Waals surface area (Å²) in [6.45, 7) is 6.17. The zero-order chi connectivity index (χ0) is 13.5. The Kier molecular flexibility index (Phi) is 4.99. The molecule has 0 atom stereocenters. The molecule has 0 amide bonds. The maximum Gasteiger partial charge on any atom is 0.127 e. The fourth-order valence-corrected chi connectivity index (χ4v) is 1.94. The van der Waals surface area contributed by atoms with Crippen LogP contribution >= 0.6 is 0 Å². The first-order valence-electron chi connectivity index (χ1n) is 6.82. The second kappa shape index (κ2) is 6.95. The van der Waals surface area contributed by atoms with Gasteiger partial charge in [0.2, 0.25) is 0 Å². The third-order valence-corrected chi connectivity index (χ3v) is 2.88. The third kappa shape index (κ3) is 4.42. The van der Waals surface area contributed by atoms with Crippen molar-refractivity contribution in [1.82, 2.24) is 5.32 Å². The molecule has 0 aliphatic heterocycles. The van der Waals surface area contributed by atoms with Crippen molar-refractivity contribution in [3.63, 3.8) is 0 Å². The molecule has 0 spiro atoms.